The molecule has 0 aliphatic carbocycles. The molecule has 0 saturated heterocycles. The number of benzene rings is 1. The van der Waals surface area contributed by atoms with Gasteiger partial charge in [-0.25, -0.2) is 0 Å². The third-order valence-corrected chi connectivity index (χ3v) is 2.78. The normalized spacial score (nSPS) is 10.3. The van der Waals surface area contributed by atoms with E-state index in [4.69, 9.17) is 16.3 Å². The van der Waals surface area contributed by atoms with Crippen molar-refractivity contribution >= 4 is 17.5 Å². The fourth-order valence-corrected chi connectivity index (χ4v) is 1.82. The van der Waals surface area contributed by atoms with E-state index in [0.29, 0.717) is 31.1 Å². The van der Waals surface area contributed by atoms with Crippen molar-refractivity contribution < 1.29 is 9.53 Å². The van der Waals surface area contributed by atoms with Crippen molar-refractivity contribution in [2.75, 3.05) is 19.7 Å². The number of nitrogens with one attached hydrogen (secondary N) is 2. The molecule has 1 rings (SSSR count). The summed E-state index contributed by atoms with van der Waals surface area (Å²) in [6.07, 6.45) is 0.358. The Morgan fingerprint density at radius 2 is 2.11 bits per heavy atom. The van der Waals surface area contributed by atoms with Gasteiger partial charge in [0.1, 0.15) is 5.75 Å². The molecule has 2 N–H and O–H groups in total. The second-order valence-corrected chi connectivity index (χ2v) is 4.52. The first-order chi connectivity index (χ1) is 9.17. The molecule has 0 saturated carbocycles. The third-order valence-electron chi connectivity index (χ3n) is 2.55. The number of ether oxygens (including phenoxy) is 1. The molecule has 1 aromatic rings. The Balaban J connectivity index is 2.54. The zero-order chi connectivity index (χ0) is 14.1. The lowest BCUT2D eigenvalue weighted by atomic mass is 10.2. The molecule has 0 aliphatic rings. The number of carbonyl (C=O) groups is 1. The lowest BCUT2D eigenvalue weighted by Crippen LogP contribution is -2.24. The Bertz CT molecular complexity index is 410. The minimum atomic E-state index is 0.00435. The van der Waals surface area contributed by atoms with Crippen LogP contribution in [0.1, 0.15) is 25.8 Å². The summed E-state index contributed by atoms with van der Waals surface area (Å²) in [5.41, 5.74) is 1.00. The fourth-order valence-electron chi connectivity index (χ4n) is 1.63. The number of halogens is 1. The Hall–Kier alpha value is -1.26. The Kier molecular flexibility index (Phi) is 7.30. The largest absolute Gasteiger partial charge is 0.493 e. The molecule has 106 valence electrons. The van der Waals surface area contributed by atoms with Crippen LogP contribution in [-0.2, 0) is 11.3 Å². The SMILES string of the molecule is CCNCc1cc(Cl)ccc1OCCC(=O)NCC. The van der Waals surface area contributed by atoms with E-state index in [9.17, 15) is 4.79 Å². The molecule has 0 bridgehead atoms. The topological polar surface area (TPSA) is 50.4 Å². The molecule has 0 unspecified atom stereocenters. The van der Waals surface area contributed by atoms with E-state index >= 15 is 0 Å². The van der Waals surface area contributed by atoms with Crippen LogP contribution in [0.15, 0.2) is 18.2 Å². The quantitative estimate of drug-likeness (QED) is 0.770. The summed E-state index contributed by atoms with van der Waals surface area (Å²) in [5, 5.41) is 6.66. The van der Waals surface area contributed by atoms with Crippen molar-refractivity contribution in [2.24, 2.45) is 0 Å². The first-order valence-corrected chi connectivity index (χ1v) is 6.93. The highest BCUT2D eigenvalue weighted by atomic mass is 35.5. The summed E-state index contributed by atoms with van der Waals surface area (Å²) in [6, 6.07) is 5.51. The second kappa shape index (κ2) is 8.77. The number of amides is 1. The van der Waals surface area contributed by atoms with Gasteiger partial charge in [-0.05, 0) is 31.7 Å². The molecule has 0 aliphatic heterocycles. The van der Waals surface area contributed by atoms with E-state index < -0.39 is 0 Å². The lowest BCUT2D eigenvalue weighted by molar-refractivity contribution is -0.121. The van der Waals surface area contributed by atoms with E-state index in [1.165, 1.54) is 0 Å². The predicted molar refractivity (Wildman–Crippen MR) is 77.6 cm³/mol. The second-order valence-electron chi connectivity index (χ2n) is 4.08. The lowest BCUT2D eigenvalue weighted by Gasteiger charge is -2.12. The molecule has 0 aromatic heterocycles. The Morgan fingerprint density at radius 3 is 2.79 bits per heavy atom. The number of carbonyl (C=O) groups excluding carboxylic acids is 1. The fraction of sp³-hybridized carbons (Fsp3) is 0.500. The summed E-state index contributed by atoms with van der Waals surface area (Å²) < 4.78 is 5.65. The molecule has 1 amide bonds. The van der Waals surface area contributed by atoms with Crippen LogP contribution in [-0.4, -0.2) is 25.6 Å². The van der Waals surface area contributed by atoms with E-state index in [1.54, 1.807) is 6.07 Å². The molecule has 0 spiro atoms. The highest BCUT2D eigenvalue weighted by Gasteiger charge is 2.06. The van der Waals surface area contributed by atoms with Gasteiger partial charge in [-0.15, -0.1) is 0 Å². The van der Waals surface area contributed by atoms with Gasteiger partial charge in [0.25, 0.3) is 0 Å². The molecule has 0 fully saturated rings. The Morgan fingerprint density at radius 1 is 1.32 bits per heavy atom. The molecule has 1 aromatic carbocycles. The zero-order valence-electron chi connectivity index (χ0n) is 11.5. The van der Waals surface area contributed by atoms with Gasteiger partial charge in [-0.1, -0.05) is 18.5 Å². The maximum absolute atomic E-state index is 11.3. The van der Waals surface area contributed by atoms with Crippen molar-refractivity contribution in [3.8, 4) is 5.75 Å². The van der Waals surface area contributed by atoms with Gasteiger partial charge < -0.3 is 15.4 Å². The smallest absolute Gasteiger partial charge is 0.223 e. The van der Waals surface area contributed by atoms with Gasteiger partial charge >= 0.3 is 0 Å². The van der Waals surface area contributed by atoms with Crippen molar-refractivity contribution in [1.82, 2.24) is 10.6 Å². The summed E-state index contributed by atoms with van der Waals surface area (Å²) in [7, 11) is 0. The van der Waals surface area contributed by atoms with Gasteiger partial charge in [0.05, 0.1) is 13.0 Å². The van der Waals surface area contributed by atoms with E-state index in [-0.39, 0.29) is 5.91 Å². The first kappa shape index (κ1) is 15.8. The van der Waals surface area contributed by atoms with Crippen LogP contribution in [0.3, 0.4) is 0 Å². The number of hydrogen-bond donors (Lipinski definition) is 2. The highest BCUT2D eigenvalue weighted by molar-refractivity contribution is 6.30. The molecule has 0 atom stereocenters. The molecule has 4 nitrogen and oxygen atoms in total. The average molecular weight is 285 g/mol. The predicted octanol–water partition coefficient (Wildman–Crippen LogP) is 2.35. The van der Waals surface area contributed by atoms with Crippen LogP contribution >= 0.6 is 11.6 Å². The summed E-state index contributed by atoms with van der Waals surface area (Å²) in [4.78, 5) is 11.3. The molecule has 5 heteroatoms. The monoisotopic (exact) mass is 284 g/mol. The summed E-state index contributed by atoms with van der Waals surface area (Å²) in [6.45, 7) is 6.53. The minimum Gasteiger partial charge on any atom is -0.493 e. The van der Waals surface area contributed by atoms with Gasteiger partial charge in [-0.3, -0.25) is 4.79 Å². The molecule has 0 heterocycles. The molecule has 19 heavy (non-hydrogen) atoms. The van der Waals surface area contributed by atoms with E-state index in [1.807, 2.05) is 26.0 Å². The highest BCUT2D eigenvalue weighted by Crippen LogP contribution is 2.23. The Labute approximate surface area is 119 Å². The van der Waals surface area contributed by atoms with Gasteiger partial charge in [-0.2, -0.15) is 0 Å². The van der Waals surface area contributed by atoms with Crippen molar-refractivity contribution in [3.63, 3.8) is 0 Å². The summed E-state index contributed by atoms with van der Waals surface area (Å²) >= 11 is 5.97. The first-order valence-electron chi connectivity index (χ1n) is 6.56. The van der Waals surface area contributed by atoms with Gasteiger partial charge in [0.2, 0.25) is 5.91 Å². The van der Waals surface area contributed by atoms with E-state index in [2.05, 4.69) is 10.6 Å². The van der Waals surface area contributed by atoms with Crippen molar-refractivity contribution in [2.45, 2.75) is 26.8 Å². The molecular formula is C14H21ClN2O2. The van der Waals surface area contributed by atoms with Crippen molar-refractivity contribution in [1.29, 1.82) is 0 Å². The minimum absolute atomic E-state index is 0.00435. The van der Waals surface area contributed by atoms with Crippen LogP contribution < -0.4 is 15.4 Å². The van der Waals surface area contributed by atoms with Gasteiger partial charge in [0.15, 0.2) is 0 Å². The van der Waals surface area contributed by atoms with Crippen LogP contribution in [0.5, 0.6) is 5.75 Å². The van der Waals surface area contributed by atoms with Crippen LogP contribution in [0.2, 0.25) is 5.02 Å². The third kappa shape index (κ3) is 5.94. The standard InChI is InChI=1S/C14H21ClN2O2/c1-3-16-10-11-9-12(15)5-6-13(11)19-8-7-14(18)17-4-2/h5-6,9,16H,3-4,7-8,10H2,1-2H3,(H,17,18). The van der Waals surface area contributed by atoms with Crippen LogP contribution in [0.25, 0.3) is 0 Å². The number of hydrogen-bond acceptors (Lipinski definition) is 3. The molecular weight excluding hydrogens is 264 g/mol. The van der Waals surface area contributed by atoms with Gasteiger partial charge in [0, 0.05) is 23.7 Å². The van der Waals surface area contributed by atoms with Crippen LogP contribution in [0.4, 0.5) is 0 Å². The maximum Gasteiger partial charge on any atom is 0.223 e. The average Bonchev–Trinajstić information content (AvgIpc) is 2.39. The molecule has 0 radical (unpaired) electrons. The maximum atomic E-state index is 11.3. The summed E-state index contributed by atoms with van der Waals surface area (Å²) in [5.74, 6) is 0.777. The number of rotatable bonds is 8. The zero-order valence-corrected chi connectivity index (χ0v) is 12.2. The van der Waals surface area contributed by atoms with E-state index in [0.717, 1.165) is 17.9 Å². The van der Waals surface area contributed by atoms with Crippen LogP contribution in [0, 0.1) is 0 Å². The van der Waals surface area contributed by atoms with Crippen molar-refractivity contribution in [3.05, 3.63) is 28.8 Å².